The molecule has 0 aromatic heterocycles. The highest BCUT2D eigenvalue weighted by Crippen LogP contribution is 1.98. The topological polar surface area (TPSA) is 35.5 Å². The summed E-state index contributed by atoms with van der Waals surface area (Å²) in [5.74, 6) is 0.359. The summed E-state index contributed by atoms with van der Waals surface area (Å²) < 4.78 is 9.37. The largest absolute Gasteiger partial charge is 0.453 e. The molecule has 0 bridgehead atoms. The van der Waals surface area contributed by atoms with Crippen LogP contribution in [-0.2, 0) is 9.47 Å². The molecule has 1 heterocycles. The SMILES string of the molecule is C1CCOC1.CC(C)COC(=O)Cl. The van der Waals surface area contributed by atoms with Gasteiger partial charge in [0, 0.05) is 24.8 Å². The number of ether oxygens (including phenoxy) is 2. The van der Waals surface area contributed by atoms with Gasteiger partial charge in [-0.1, -0.05) is 13.8 Å². The second kappa shape index (κ2) is 8.32. The molecule has 1 saturated heterocycles. The summed E-state index contributed by atoms with van der Waals surface area (Å²) >= 11 is 4.86. The maximum absolute atomic E-state index is 9.89. The van der Waals surface area contributed by atoms with Gasteiger partial charge in [0.25, 0.3) is 0 Å². The summed E-state index contributed by atoms with van der Waals surface area (Å²) in [6, 6.07) is 0. The molecule has 0 unspecified atom stereocenters. The lowest BCUT2D eigenvalue weighted by molar-refractivity contribution is 0.159. The van der Waals surface area contributed by atoms with Crippen molar-refractivity contribution in [1.82, 2.24) is 0 Å². The molecule has 0 spiro atoms. The van der Waals surface area contributed by atoms with Crippen LogP contribution in [0.15, 0.2) is 0 Å². The fourth-order valence-electron chi connectivity index (χ4n) is 0.742. The Balaban J connectivity index is 0.000000243. The van der Waals surface area contributed by atoms with Crippen LogP contribution in [-0.4, -0.2) is 25.2 Å². The lowest BCUT2D eigenvalue weighted by Crippen LogP contribution is -2.02. The van der Waals surface area contributed by atoms with Crippen molar-refractivity contribution in [2.45, 2.75) is 26.7 Å². The average molecular weight is 209 g/mol. The van der Waals surface area contributed by atoms with E-state index in [-0.39, 0.29) is 0 Å². The zero-order valence-corrected chi connectivity index (χ0v) is 8.97. The quantitative estimate of drug-likeness (QED) is 0.655. The van der Waals surface area contributed by atoms with Crippen LogP contribution in [0.3, 0.4) is 0 Å². The number of carbonyl (C=O) groups is 1. The van der Waals surface area contributed by atoms with Crippen LogP contribution in [0, 0.1) is 5.92 Å². The van der Waals surface area contributed by atoms with Gasteiger partial charge in [0.1, 0.15) is 0 Å². The number of rotatable bonds is 2. The van der Waals surface area contributed by atoms with E-state index in [0.29, 0.717) is 12.5 Å². The maximum atomic E-state index is 9.89. The van der Waals surface area contributed by atoms with Gasteiger partial charge in [-0.15, -0.1) is 0 Å². The van der Waals surface area contributed by atoms with Crippen LogP contribution in [0.5, 0.6) is 0 Å². The predicted molar refractivity (Wildman–Crippen MR) is 52.1 cm³/mol. The van der Waals surface area contributed by atoms with E-state index < -0.39 is 5.43 Å². The second-order valence-electron chi connectivity index (χ2n) is 3.26. The van der Waals surface area contributed by atoms with Crippen molar-refractivity contribution in [1.29, 1.82) is 0 Å². The Kier molecular flexibility index (Phi) is 8.14. The van der Waals surface area contributed by atoms with Gasteiger partial charge in [-0.2, -0.15) is 0 Å². The standard InChI is InChI=1S/C5H9ClO2.C4H8O/c1-4(2)3-8-5(6)7;1-2-4-5-3-1/h4H,3H2,1-2H3;1-4H2. The molecule has 0 aromatic rings. The molecular weight excluding hydrogens is 192 g/mol. The Morgan fingerprint density at radius 2 is 2.00 bits per heavy atom. The second-order valence-corrected chi connectivity index (χ2v) is 3.57. The first kappa shape index (κ1) is 12.7. The van der Waals surface area contributed by atoms with Crippen LogP contribution in [0.4, 0.5) is 4.79 Å². The van der Waals surface area contributed by atoms with E-state index in [4.69, 9.17) is 16.3 Å². The summed E-state index contributed by atoms with van der Waals surface area (Å²) in [6.07, 6.45) is 2.56. The van der Waals surface area contributed by atoms with Crippen LogP contribution in [0.25, 0.3) is 0 Å². The molecule has 78 valence electrons. The van der Waals surface area contributed by atoms with Gasteiger partial charge in [-0.05, 0) is 18.8 Å². The lowest BCUT2D eigenvalue weighted by atomic mass is 10.2. The van der Waals surface area contributed by atoms with E-state index in [0.717, 1.165) is 13.2 Å². The number of carbonyl (C=O) groups excluding carboxylic acids is 1. The molecule has 4 heteroatoms. The fourth-order valence-corrected chi connectivity index (χ4v) is 0.805. The normalized spacial score (nSPS) is 15.1. The van der Waals surface area contributed by atoms with Crippen molar-refractivity contribution in [3.05, 3.63) is 0 Å². The Labute approximate surface area is 84.4 Å². The van der Waals surface area contributed by atoms with Crippen molar-refractivity contribution in [2.75, 3.05) is 19.8 Å². The predicted octanol–water partition coefficient (Wildman–Crippen LogP) is 2.81. The molecule has 0 atom stereocenters. The minimum absolute atomic E-state index is 0.359. The first-order valence-corrected chi connectivity index (χ1v) is 4.90. The Morgan fingerprint density at radius 3 is 2.15 bits per heavy atom. The van der Waals surface area contributed by atoms with Crippen molar-refractivity contribution in [2.24, 2.45) is 5.92 Å². The fraction of sp³-hybridized carbons (Fsp3) is 0.889. The Bertz CT molecular complexity index is 125. The number of hydrogen-bond acceptors (Lipinski definition) is 3. The van der Waals surface area contributed by atoms with E-state index in [1.807, 2.05) is 13.8 Å². The van der Waals surface area contributed by atoms with Gasteiger partial charge in [0.05, 0.1) is 6.61 Å². The van der Waals surface area contributed by atoms with Gasteiger partial charge in [-0.3, -0.25) is 0 Å². The molecule has 0 amide bonds. The Hall–Kier alpha value is -0.280. The third-order valence-electron chi connectivity index (χ3n) is 1.36. The molecule has 0 aliphatic carbocycles. The van der Waals surface area contributed by atoms with Gasteiger partial charge < -0.3 is 9.47 Å². The molecule has 3 nitrogen and oxygen atoms in total. The first-order valence-electron chi connectivity index (χ1n) is 4.53. The first-order chi connectivity index (χ1) is 6.13. The van der Waals surface area contributed by atoms with Crippen molar-refractivity contribution in [3.63, 3.8) is 0 Å². The van der Waals surface area contributed by atoms with Crippen LogP contribution in [0.2, 0.25) is 0 Å². The Morgan fingerprint density at radius 1 is 1.46 bits per heavy atom. The van der Waals surface area contributed by atoms with Gasteiger partial charge in [-0.25, -0.2) is 4.79 Å². The molecular formula is C9H17ClO3. The summed E-state index contributed by atoms with van der Waals surface area (Å²) in [7, 11) is 0. The third kappa shape index (κ3) is 11.7. The molecule has 0 N–H and O–H groups in total. The number of hydrogen-bond donors (Lipinski definition) is 0. The van der Waals surface area contributed by atoms with E-state index >= 15 is 0 Å². The highest BCUT2D eigenvalue weighted by atomic mass is 35.5. The summed E-state index contributed by atoms with van der Waals surface area (Å²) in [6.45, 7) is 6.29. The van der Waals surface area contributed by atoms with E-state index in [1.165, 1.54) is 12.8 Å². The molecule has 0 saturated carbocycles. The van der Waals surface area contributed by atoms with E-state index in [9.17, 15) is 4.79 Å². The summed E-state index contributed by atoms with van der Waals surface area (Å²) in [5.41, 5.74) is -0.723. The van der Waals surface area contributed by atoms with Crippen LogP contribution < -0.4 is 0 Å². The highest BCUT2D eigenvalue weighted by Gasteiger charge is 1.96. The van der Waals surface area contributed by atoms with E-state index in [2.05, 4.69) is 4.74 Å². The molecule has 1 aliphatic heterocycles. The highest BCUT2D eigenvalue weighted by molar-refractivity contribution is 6.61. The van der Waals surface area contributed by atoms with Gasteiger partial charge in [0.15, 0.2) is 0 Å². The van der Waals surface area contributed by atoms with Crippen molar-refractivity contribution >= 4 is 17.0 Å². The molecule has 1 rings (SSSR count). The van der Waals surface area contributed by atoms with Crippen molar-refractivity contribution < 1.29 is 14.3 Å². The minimum Gasteiger partial charge on any atom is -0.453 e. The van der Waals surface area contributed by atoms with Crippen LogP contribution in [0.1, 0.15) is 26.7 Å². The lowest BCUT2D eigenvalue weighted by Gasteiger charge is -2.00. The molecule has 1 fully saturated rings. The molecule has 0 radical (unpaired) electrons. The zero-order chi connectivity index (χ0) is 10.1. The monoisotopic (exact) mass is 208 g/mol. The summed E-state index contributed by atoms with van der Waals surface area (Å²) in [5, 5.41) is 0. The van der Waals surface area contributed by atoms with Gasteiger partial charge in [0.2, 0.25) is 0 Å². The molecule has 0 aromatic carbocycles. The smallest absolute Gasteiger partial charge is 0.403 e. The van der Waals surface area contributed by atoms with Crippen LogP contribution >= 0.6 is 11.6 Å². The van der Waals surface area contributed by atoms with Gasteiger partial charge >= 0.3 is 5.43 Å². The van der Waals surface area contributed by atoms with E-state index in [1.54, 1.807) is 0 Å². The summed E-state index contributed by atoms with van der Waals surface area (Å²) in [4.78, 5) is 9.89. The molecule has 13 heavy (non-hydrogen) atoms. The minimum atomic E-state index is -0.723. The molecule has 1 aliphatic rings. The average Bonchev–Trinajstić information content (AvgIpc) is 2.57. The third-order valence-corrected chi connectivity index (χ3v) is 1.47. The zero-order valence-electron chi connectivity index (χ0n) is 8.22. The maximum Gasteiger partial charge on any atom is 0.403 e. The number of halogens is 1. The van der Waals surface area contributed by atoms with Crippen molar-refractivity contribution in [3.8, 4) is 0 Å².